The van der Waals surface area contributed by atoms with Gasteiger partial charge in [0, 0.05) is 0 Å². The number of rotatable bonds is 4. The van der Waals surface area contributed by atoms with Gasteiger partial charge in [-0.3, -0.25) is 0 Å². The summed E-state index contributed by atoms with van der Waals surface area (Å²) in [5.74, 6) is 0.789. The molecule has 2 aromatic rings. The van der Waals surface area contributed by atoms with Crippen LogP contribution < -0.4 is 4.74 Å². The van der Waals surface area contributed by atoms with E-state index in [-0.39, 0.29) is 6.10 Å². The Bertz CT molecular complexity index is 487. The van der Waals surface area contributed by atoms with E-state index >= 15 is 0 Å². The monoisotopic (exact) mass is 223 g/mol. The second kappa shape index (κ2) is 5.72. The molecule has 2 aromatic carbocycles. The molecule has 84 valence electrons. The third-order valence-electron chi connectivity index (χ3n) is 2.47. The molecule has 0 spiro atoms. The van der Waals surface area contributed by atoms with Crippen molar-refractivity contribution in [1.82, 2.24) is 0 Å². The lowest BCUT2D eigenvalue weighted by atomic mass is 10.1. The maximum atomic E-state index is 8.85. The highest BCUT2D eigenvalue weighted by atomic mass is 16.5. The summed E-state index contributed by atoms with van der Waals surface area (Å²) in [5, 5.41) is 8.85. The molecule has 2 heteroatoms. The topological polar surface area (TPSA) is 33.0 Å². The minimum absolute atomic E-state index is 0.205. The first-order valence-electron chi connectivity index (χ1n) is 5.54. The first-order valence-corrected chi connectivity index (χ1v) is 5.54. The van der Waals surface area contributed by atoms with Crippen LogP contribution in [0.4, 0.5) is 0 Å². The van der Waals surface area contributed by atoms with Crippen molar-refractivity contribution in [3.8, 4) is 11.8 Å². The van der Waals surface area contributed by atoms with Gasteiger partial charge in [0.25, 0.3) is 0 Å². The quantitative estimate of drug-likeness (QED) is 0.791. The highest BCUT2D eigenvalue weighted by Gasteiger charge is 2.12. The Kier molecular flexibility index (Phi) is 3.77. The van der Waals surface area contributed by atoms with E-state index in [9.17, 15) is 0 Å². The van der Waals surface area contributed by atoms with Gasteiger partial charge in [-0.25, -0.2) is 0 Å². The molecule has 0 amide bonds. The van der Waals surface area contributed by atoms with E-state index in [0.717, 1.165) is 11.3 Å². The van der Waals surface area contributed by atoms with Crippen molar-refractivity contribution < 1.29 is 4.74 Å². The summed E-state index contributed by atoms with van der Waals surface area (Å²) in [6.45, 7) is 0. The summed E-state index contributed by atoms with van der Waals surface area (Å²) in [4.78, 5) is 0. The first kappa shape index (κ1) is 11.2. The smallest absolute Gasteiger partial charge is 0.137 e. The summed E-state index contributed by atoms with van der Waals surface area (Å²) >= 11 is 0. The van der Waals surface area contributed by atoms with E-state index in [0.29, 0.717) is 6.42 Å². The van der Waals surface area contributed by atoms with Crippen LogP contribution in [0.1, 0.15) is 18.1 Å². The molecule has 0 bridgehead atoms. The number of nitrogens with zero attached hydrogens (tertiary/aromatic N) is 1. The van der Waals surface area contributed by atoms with E-state index < -0.39 is 0 Å². The second-order valence-electron chi connectivity index (χ2n) is 3.69. The van der Waals surface area contributed by atoms with Crippen molar-refractivity contribution in [3.05, 3.63) is 66.2 Å². The summed E-state index contributed by atoms with van der Waals surface area (Å²) < 4.78 is 5.82. The first-order chi connectivity index (χ1) is 8.40. The molecule has 17 heavy (non-hydrogen) atoms. The van der Waals surface area contributed by atoms with Crippen LogP contribution >= 0.6 is 0 Å². The SMILES string of the molecule is N#CCC(Oc1ccccc1)c1ccccc1. The average molecular weight is 223 g/mol. The minimum Gasteiger partial charge on any atom is -0.485 e. The Balaban J connectivity index is 2.17. The van der Waals surface area contributed by atoms with Crippen LogP contribution in [-0.4, -0.2) is 0 Å². The largest absolute Gasteiger partial charge is 0.485 e. The maximum Gasteiger partial charge on any atom is 0.137 e. The van der Waals surface area contributed by atoms with E-state index in [1.54, 1.807) is 0 Å². The molecule has 1 atom stereocenters. The van der Waals surface area contributed by atoms with Crippen molar-refractivity contribution >= 4 is 0 Å². The number of hydrogen-bond donors (Lipinski definition) is 0. The van der Waals surface area contributed by atoms with Gasteiger partial charge >= 0.3 is 0 Å². The zero-order valence-electron chi connectivity index (χ0n) is 9.41. The van der Waals surface area contributed by atoms with Gasteiger partial charge in [0.15, 0.2) is 0 Å². The Labute approximate surface area is 101 Å². The number of para-hydroxylation sites is 1. The zero-order valence-corrected chi connectivity index (χ0v) is 9.41. The molecule has 0 aromatic heterocycles. The highest BCUT2D eigenvalue weighted by molar-refractivity contribution is 5.25. The number of hydrogen-bond acceptors (Lipinski definition) is 2. The summed E-state index contributed by atoms with van der Waals surface area (Å²) in [6, 6.07) is 21.5. The Hall–Kier alpha value is -2.27. The fraction of sp³-hybridized carbons (Fsp3) is 0.133. The van der Waals surface area contributed by atoms with Gasteiger partial charge in [-0.05, 0) is 17.7 Å². The Morgan fingerprint density at radius 1 is 0.941 bits per heavy atom. The van der Waals surface area contributed by atoms with Crippen LogP contribution in [0.3, 0.4) is 0 Å². The molecular formula is C15H13NO. The lowest BCUT2D eigenvalue weighted by molar-refractivity contribution is 0.211. The van der Waals surface area contributed by atoms with E-state index in [4.69, 9.17) is 10.00 Å². The second-order valence-corrected chi connectivity index (χ2v) is 3.69. The van der Waals surface area contributed by atoms with Crippen molar-refractivity contribution in [3.63, 3.8) is 0 Å². The third kappa shape index (κ3) is 3.09. The molecule has 0 fully saturated rings. The van der Waals surface area contributed by atoms with E-state index in [2.05, 4.69) is 6.07 Å². The van der Waals surface area contributed by atoms with Crippen LogP contribution in [-0.2, 0) is 0 Å². The summed E-state index contributed by atoms with van der Waals surface area (Å²) in [5.41, 5.74) is 1.03. The molecule has 2 nitrogen and oxygen atoms in total. The maximum absolute atomic E-state index is 8.85. The lowest BCUT2D eigenvalue weighted by Crippen LogP contribution is -2.06. The molecule has 0 N–H and O–H groups in total. The van der Waals surface area contributed by atoms with Crippen LogP contribution in [0, 0.1) is 11.3 Å². The molecule has 1 unspecified atom stereocenters. The van der Waals surface area contributed by atoms with Crippen molar-refractivity contribution in [2.75, 3.05) is 0 Å². The van der Waals surface area contributed by atoms with Crippen LogP contribution in [0.2, 0.25) is 0 Å². The number of benzene rings is 2. The lowest BCUT2D eigenvalue weighted by Gasteiger charge is -2.16. The van der Waals surface area contributed by atoms with Gasteiger partial charge in [0.05, 0.1) is 12.5 Å². The third-order valence-corrected chi connectivity index (χ3v) is 2.47. The number of nitriles is 1. The molecule has 0 saturated carbocycles. The Morgan fingerprint density at radius 3 is 2.12 bits per heavy atom. The van der Waals surface area contributed by atoms with Crippen molar-refractivity contribution in [2.45, 2.75) is 12.5 Å². The number of ether oxygens (including phenoxy) is 1. The normalized spacial score (nSPS) is 11.5. The molecule has 0 aliphatic heterocycles. The van der Waals surface area contributed by atoms with Gasteiger partial charge in [0.1, 0.15) is 11.9 Å². The molecule has 0 aliphatic rings. The zero-order chi connectivity index (χ0) is 11.9. The molecule has 0 saturated heterocycles. The molecule has 2 rings (SSSR count). The van der Waals surface area contributed by atoms with Gasteiger partial charge in [-0.15, -0.1) is 0 Å². The van der Waals surface area contributed by atoms with Gasteiger partial charge in [0.2, 0.25) is 0 Å². The standard InChI is InChI=1S/C15H13NO/c16-12-11-15(13-7-3-1-4-8-13)17-14-9-5-2-6-10-14/h1-10,15H,11H2. The Morgan fingerprint density at radius 2 is 1.53 bits per heavy atom. The predicted molar refractivity (Wildman–Crippen MR) is 66.5 cm³/mol. The van der Waals surface area contributed by atoms with Gasteiger partial charge in [-0.2, -0.15) is 5.26 Å². The predicted octanol–water partition coefficient (Wildman–Crippen LogP) is 3.72. The molecular weight excluding hydrogens is 210 g/mol. The van der Waals surface area contributed by atoms with E-state index in [1.807, 2.05) is 60.7 Å². The van der Waals surface area contributed by atoms with Crippen LogP contribution in [0.15, 0.2) is 60.7 Å². The van der Waals surface area contributed by atoms with E-state index in [1.165, 1.54) is 0 Å². The summed E-state index contributed by atoms with van der Waals surface area (Å²) in [7, 11) is 0. The van der Waals surface area contributed by atoms with Crippen molar-refractivity contribution in [2.24, 2.45) is 0 Å². The minimum atomic E-state index is -0.205. The molecule has 0 heterocycles. The average Bonchev–Trinajstić information content (AvgIpc) is 2.40. The fourth-order valence-electron chi connectivity index (χ4n) is 1.64. The summed E-state index contributed by atoms with van der Waals surface area (Å²) in [6.07, 6.45) is 0.141. The highest BCUT2D eigenvalue weighted by Crippen LogP contribution is 2.23. The van der Waals surface area contributed by atoms with Gasteiger partial charge < -0.3 is 4.74 Å². The fourth-order valence-corrected chi connectivity index (χ4v) is 1.64. The molecule has 0 aliphatic carbocycles. The van der Waals surface area contributed by atoms with Crippen LogP contribution in [0.5, 0.6) is 5.75 Å². The van der Waals surface area contributed by atoms with Crippen LogP contribution in [0.25, 0.3) is 0 Å². The van der Waals surface area contributed by atoms with Crippen molar-refractivity contribution in [1.29, 1.82) is 5.26 Å². The molecule has 0 radical (unpaired) electrons. The van der Waals surface area contributed by atoms with Gasteiger partial charge in [-0.1, -0.05) is 48.5 Å².